The Hall–Kier alpha value is -2.99. The van der Waals surface area contributed by atoms with E-state index in [0.717, 1.165) is 31.7 Å². The zero-order valence-corrected chi connectivity index (χ0v) is 18.2. The van der Waals surface area contributed by atoms with E-state index in [1.165, 1.54) is 24.0 Å². The third-order valence-corrected chi connectivity index (χ3v) is 7.12. The molecule has 3 fully saturated rings. The molecule has 2 heterocycles. The standard InChI is InChI=1S/C26H28N4O2/c31-25(24-17-30(28-27-24)22-8-9-22)14-20-15-29(16-20)26(12-13-26)21-6-10-23(11-7-21)32-18-19-4-2-1-3-5-19/h1-7,10-11,17,20,22H,8-9,12-16,18H2. The molecule has 1 saturated heterocycles. The number of ether oxygens (including phenoxy) is 1. The van der Waals surface area contributed by atoms with Gasteiger partial charge in [-0.3, -0.25) is 9.69 Å². The fourth-order valence-electron chi connectivity index (χ4n) is 4.85. The van der Waals surface area contributed by atoms with Crippen LogP contribution in [0.4, 0.5) is 0 Å². The fraction of sp³-hybridized carbons (Fsp3) is 0.423. The molecule has 0 unspecified atom stereocenters. The molecular formula is C26H28N4O2. The monoisotopic (exact) mass is 428 g/mol. The fourth-order valence-corrected chi connectivity index (χ4v) is 4.85. The summed E-state index contributed by atoms with van der Waals surface area (Å²) in [6.07, 6.45) is 7.08. The summed E-state index contributed by atoms with van der Waals surface area (Å²) in [5, 5.41) is 8.21. The van der Waals surface area contributed by atoms with Crippen molar-refractivity contribution >= 4 is 5.78 Å². The van der Waals surface area contributed by atoms with Crippen molar-refractivity contribution in [2.24, 2.45) is 5.92 Å². The minimum atomic E-state index is 0.131. The molecular weight excluding hydrogens is 400 g/mol. The van der Waals surface area contributed by atoms with Gasteiger partial charge in [0.25, 0.3) is 0 Å². The topological polar surface area (TPSA) is 60.2 Å². The van der Waals surface area contributed by atoms with Crippen LogP contribution in [0.3, 0.4) is 0 Å². The zero-order valence-electron chi connectivity index (χ0n) is 18.2. The molecule has 0 bridgehead atoms. The van der Waals surface area contributed by atoms with E-state index < -0.39 is 0 Å². The molecule has 1 aromatic heterocycles. The van der Waals surface area contributed by atoms with Crippen LogP contribution >= 0.6 is 0 Å². The third-order valence-electron chi connectivity index (χ3n) is 7.12. The van der Waals surface area contributed by atoms with E-state index in [0.29, 0.717) is 30.7 Å². The number of carbonyl (C=O) groups excluding carboxylic acids is 1. The lowest BCUT2D eigenvalue weighted by Crippen LogP contribution is -2.52. The van der Waals surface area contributed by atoms with E-state index in [1.807, 2.05) is 29.1 Å². The van der Waals surface area contributed by atoms with Gasteiger partial charge in [-0.15, -0.1) is 5.10 Å². The second-order valence-corrected chi connectivity index (χ2v) is 9.54. The van der Waals surface area contributed by atoms with Gasteiger partial charge >= 0.3 is 0 Å². The Labute approximate surface area is 188 Å². The lowest BCUT2D eigenvalue weighted by molar-refractivity contribution is 0.0317. The third kappa shape index (κ3) is 3.84. The predicted molar refractivity (Wildman–Crippen MR) is 120 cm³/mol. The molecule has 0 atom stereocenters. The number of hydrogen-bond donors (Lipinski definition) is 0. The first kappa shape index (κ1) is 19.7. The minimum absolute atomic E-state index is 0.131. The van der Waals surface area contributed by atoms with Crippen molar-refractivity contribution < 1.29 is 9.53 Å². The Kier molecular flexibility index (Phi) is 4.83. The second-order valence-electron chi connectivity index (χ2n) is 9.54. The van der Waals surface area contributed by atoms with Gasteiger partial charge in [-0.1, -0.05) is 47.7 Å². The molecule has 3 aromatic rings. The van der Waals surface area contributed by atoms with Crippen molar-refractivity contribution in [1.82, 2.24) is 19.9 Å². The molecule has 3 aliphatic rings. The van der Waals surface area contributed by atoms with Crippen molar-refractivity contribution in [1.29, 1.82) is 0 Å². The van der Waals surface area contributed by atoms with Crippen molar-refractivity contribution in [3.05, 3.63) is 77.6 Å². The molecule has 0 radical (unpaired) electrons. The molecule has 1 aliphatic heterocycles. The van der Waals surface area contributed by atoms with Crippen LogP contribution in [0.5, 0.6) is 5.75 Å². The highest BCUT2D eigenvalue weighted by Crippen LogP contribution is 2.54. The van der Waals surface area contributed by atoms with Crippen LogP contribution in [0.1, 0.15) is 59.8 Å². The van der Waals surface area contributed by atoms with Gasteiger partial charge in [-0.05, 0) is 54.9 Å². The summed E-state index contributed by atoms with van der Waals surface area (Å²) < 4.78 is 7.79. The zero-order chi connectivity index (χ0) is 21.5. The van der Waals surface area contributed by atoms with Gasteiger partial charge in [0, 0.05) is 25.0 Å². The predicted octanol–water partition coefficient (Wildman–Crippen LogP) is 4.39. The van der Waals surface area contributed by atoms with E-state index in [1.54, 1.807) is 0 Å². The Bertz CT molecular complexity index is 1090. The van der Waals surface area contributed by atoms with E-state index in [9.17, 15) is 4.79 Å². The molecule has 6 rings (SSSR count). The summed E-state index contributed by atoms with van der Waals surface area (Å²) in [6, 6.07) is 19.3. The van der Waals surface area contributed by atoms with Crippen LogP contribution in [0.2, 0.25) is 0 Å². The first-order valence-electron chi connectivity index (χ1n) is 11.7. The number of aromatic nitrogens is 3. The number of rotatable bonds is 9. The van der Waals surface area contributed by atoms with Gasteiger partial charge in [0.1, 0.15) is 18.1 Å². The van der Waals surface area contributed by atoms with E-state index >= 15 is 0 Å². The Morgan fingerprint density at radius 2 is 1.78 bits per heavy atom. The van der Waals surface area contributed by atoms with Crippen LogP contribution in [-0.2, 0) is 12.1 Å². The van der Waals surface area contributed by atoms with Crippen molar-refractivity contribution in [3.63, 3.8) is 0 Å². The maximum absolute atomic E-state index is 12.6. The van der Waals surface area contributed by atoms with E-state index in [4.69, 9.17) is 4.74 Å². The maximum atomic E-state index is 12.6. The largest absolute Gasteiger partial charge is 0.489 e. The van der Waals surface area contributed by atoms with Crippen LogP contribution < -0.4 is 4.74 Å². The molecule has 164 valence electrons. The average Bonchev–Trinajstić information content (AvgIpc) is 3.74. The molecule has 0 N–H and O–H groups in total. The molecule has 2 aliphatic carbocycles. The minimum Gasteiger partial charge on any atom is -0.489 e. The number of benzene rings is 2. The summed E-state index contributed by atoms with van der Waals surface area (Å²) >= 11 is 0. The molecule has 0 spiro atoms. The van der Waals surface area contributed by atoms with Crippen LogP contribution in [0, 0.1) is 5.92 Å². The lowest BCUT2D eigenvalue weighted by Gasteiger charge is -2.45. The first-order chi connectivity index (χ1) is 15.7. The number of carbonyl (C=O) groups is 1. The van der Waals surface area contributed by atoms with E-state index in [2.05, 4.69) is 51.6 Å². The summed E-state index contributed by atoms with van der Waals surface area (Å²) in [6.45, 7) is 2.55. The number of hydrogen-bond acceptors (Lipinski definition) is 5. The first-order valence-corrected chi connectivity index (χ1v) is 11.7. The highest BCUT2D eigenvalue weighted by molar-refractivity contribution is 5.94. The molecule has 2 saturated carbocycles. The van der Waals surface area contributed by atoms with Crippen LogP contribution in [0.25, 0.3) is 0 Å². The van der Waals surface area contributed by atoms with Crippen molar-refractivity contribution in [2.45, 2.75) is 50.3 Å². The molecule has 32 heavy (non-hydrogen) atoms. The Balaban J connectivity index is 1.02. The Morgan fingerprint density at radius 3 is 2.47 bits per heavy atom. The highest BCUT2D eigenvalue weighted by atomic mass is 16.5. The van der Waals surface area contributed by atoms with E-state index in [-0.39, 0.29) is 11.3 Å². The van der Waals surface area contributed by atoms with Gasteiger partial charge in [0.2, 0.25) is 0 Å². The molecule has 0 amide bonds. The summed E-state index contributed by atoms with van der Waals surface area (Å²) in [4.78, 5) is 15.1. The normalized spacial score (nSPS) is 20.0. The lowest BCUT2D eigenvalue weighted by atomic mass is 9.89. The smallest absolute Gasteiger partial charge is 0.185 e. The van der Waals surface area contributed by atoms with Crippen LogP contribution in [-0.4, -0.2) is 38.8 Å². The second kappa shape index (κ2) is 7.85. The molecule has 6 heteroatoms. The molecule has 6 nitrogen and oxygen atoms in total. The van der Waals surface area contributed by atoms with Gasteiger partial charge in [-0.2, -0.15) is 0 Å². The highest BCUT2D eigenvalue weighted by Gasteiger charge is 2.53. The number of nitrogens with zero attached hydrogens (tertiary/aromatic N) is 4. The van der Waals surface area contributed by atoms with Gasteiger partial charge in [-0.25, -0.2) is 4.68 Å². The maximum Gasteiger partial charge on any atom is 0.185 e. The van der Waals surface area contributed by atoms with Crippen molar-refractivity contribution in [2.75, 3.05) is 13.1 Å². The summed E-state index contributed by atoms with van der Waals surface area (Å²) in [5.41, 5.74) is 3.22. The summed E-state index contributed by atoms with van der Waals surface area (Å²) in [7, 11) is 0. The van der Waals surface area contributed by atoms with Gasteiger partial charge in [0.15, 0.2) is 5.78 Å². The van der Waals surface area contributed by atoms with Gasteiger partial charge in [0.05, 0.1) is 12.2 Å². The van der Waals surface area contributed by atoms with Crippen molar-refractivity contribution in [3.8, 4) is 5.75 Å². The molecule has 2 aromatic carbocycles. The quantitative estimate of drug-likeness (QED) is 0.473. The average molecular weight is 429 g/mol. The Morgan fingerprint density at radius 1 is 1.03 bits per heavy atom. The number of Topliss-reactive ketones (excluding diaryl/α,β-unsaturated/α-hetero) is 1. The van der Waals surface area contributed by atoms with Crippen LogP contribution in [0.15, 0.2) is 60.8 Å². The number of ketones is 1. The number of likely N-dealkylation sites (tertiary alicyclic amines) is 1. The SMILES string of the molecule is O=C(CC1CN(C2(c3ccc(OCc4ccccc4)cc3)CC2)C1)c1cn(C2CC2)nn1. The summed E-state index contributed by atoms with van der Waals surface area (Å²) in [5.74, 6) is 1.45. The van der Waals surface area contributed by atoms with Gasteiger partial charge < -0.3 is 4.74 Å².